The molecule has 6 heteroatoms. The van der Waals surface area contributed by atoms with Crippen molar-refractivity contribution in [3.8, 4) is 0 Å². The summed E-state index contributed by atoms with van der Waals surface area (Å²) in [6.07, 6.45) is 1.50. The van der Waals surface area contributed by atoms with Crippen molar-refractivity contribution in [1.82, 2.24) is 4.57 Å². The molecular formula is C11H13NO5. The summed E-state index contributed by atoms with van der Waals surface area (Å²) in [7, 11) is 1.52. The molecule has 0 saturated carbocycles. The van der Waals surface area contributed by atoms with Crippen molar-refractivity contribution in [1.29, 1.82) is 0 Å². The van der Waals surface area contributed by atoms with Crippen LogP contribution in [0, 0.1) is 6.92 Å². The first-order chi connectivity index (χ1) is 7.77. The van der Waals surface area contributed by atoms with Gasteiger partial charge in [0.25, 0.3) is 0 Å². The summed E-state index contributed by atoms with van der Waals surface area (Å²) in [5, 5.41) is 18.1. The predicted molar refractivity (Wildman–Crippen MR) is 58.2 cm³/mol. The van der Waals surface area contributed by atoms with Crippen LogP contribution in [-0.2, 0) is 16.6 Å². The van der Waals surface area contributed by atoms with Gasteiger partial charge in [0.2, 0.25) is 0 Å². The van der Waals surface area contributed by atoms with Crippen LogP contribution >= 0.6 is 0 Å². The molecule has 0 fully saturated rings. The van der Waals surface area contributed by atoms with Gasteiger partial charge in [0.05, 0.1) is 11.3 Å². The molecule has 17 heavy (non-hydrogen) atoms. The van der Waals surface area contributed by atoms with Crippen LogP contribution in [0.1, 0.15) is 34.5 Å². The third-order valence-corrected chi connectivity index (χ3v) is 2.56. The molecule has 0 aliphatic rings. The fourth-order valence-corrected chi connectivity index (χ4v) is 1.91. The Kier molecular flexibility index (Phi) is 3.36. The molecule has 1 atom stereocenters. The van der Waals surface area contributed by atoms with Gasteiger partial charge < -0.3 is 14.8 Å². The molecule has 1 aromatic rings. The number of carbonyl (C=O) groups excluding carboxylic acids is 1. The molecular weight excluding hydrogens is 226 g/mol. The number of nitrogens with zero attached hydrogens (tertiary/aromatic N) is 1. The van der Waals surface area contributed by atoms with E-state index < -0.39 is 23.6 Å². The average Bonchev–Trinajstić information content (AvgIpc) is 2.40. The second-order valence-electron chi connectivity index (χ2n) is 3.87. The van der Waals surface area contributed by atoms with E-state index >= 15 is 0 Å². The number of aromatic carboxylic acids is 1. The normalized spacial score (nSPS) is 12.2. The van der Waals surface area contributed by atoms with Gasteiger partial charge in [-0.15, -0.1) is 0 Å². The van der Waals surface area contributed by atoms with E-state index in [1.165, 1.54) is 17.8 Å². The predicted octanol–water partition coefficient (Wildman–Crippen LogP) is 0.789. The number of ketones is 1. The third kappa shape index (κ3) is 2.20. The van der Waals surface area contributed by atoms with Gasteiger partial charge in [-0.1, -0.05) is 0 Å². The highest BCUT2D eigenvalue weighted by molar-refractivity contribution is 6.05. The summed E-state index contributed by atoms with van der Waals surface area (Å²) in [6.45, 7) is 2.69. The number of carbonyl (C=O) groups is 3. The molecule has 0 aliphatic carbocycles. The number of carboxylic acid groups (broad SMARTS) is 2. The summed E-state index contributed by atoms with van der Waals surface area (Å²) in [5.41, 5.74) is 0.326. The van der Waals surface area contributed by atoms with Crippen LogP contribution in [0.2, 0.25) is 0 Å². The highest BCUT2D eigenvalue weighted by atomic mass is 16.4. The molecule has 1 unspecified atom stereocenters. The maximum atomic E-state index is 11.3. The van der Waals surface area contributed by atoms with E-state index in [0.29, 0.717) is 5.56 Å². The van der Waals surface area contributed by atoms with Crippen LogP contribution in [0.25, 0.3) is 0 Å². The molecule has 0 spiro atoms. The number of Topliss-reactive ketones (excluding diaryl/α,β-unsaturated/α-hetero) is 1. The number of rotatable bonds is 4. The maximum Gasteiger partial charge on any atom is 0.337 e. The summed E-state index contributed by atoms with van der Waals surface area (Å²) < 4.78 is 1.37. The monoisotopic (exact) mass is 239 g/mol. The molecule has 1 heterocycles. The van der Waals surface area contributed by atoms with Gasteiger partial charge >= 0.3 is 11.9 Å². The van der Waals surface area contributed by atoms with E-state index in [4.69, 9.17) is 10.2 Å². The molecule has 0 aromatic carbocycles. The first kappa shape index (κ1) is 13.0. The van der Waals surface area contributed by atoms with Gasteiger partial charge in [-0.3, -0.25) is 9.59 Å². The van der Waals surface area contributed by atoms with E-state index in [9.17, 15) is 14.4 Å². The molecule has 0 bridgehead atoms. The summed E-state index contributed by atoms with van der Waals surface area (Å²) in [5.74, 6) is -4.62. The summed E-state index contributed by atoms with van der Waals surface area (Å²) in [6, 6.07) is 0. The SMILES string of the molecule is CC(=O)C(C(=O)O)c1c(C(=O)O)c(C)cn1C. The number of hydrogen-bond donors (Lipinski definition) is 2. The number of aliphatic carboxylic acids is 1. The van der Waals surface area contributed by atoms with Crippen LogP contribution < -0.4 is 0 Å². The fourth-order valence-electron chi connectivity index (χ4n) is 1.91. The lowest BCUT2D eigenvalue weighted by Gasteiger charge is -2.12. The zero-order chi connectivity index (χ0) is 13.3. The molecule has 2 N–H and O–H groups in total. The Labute approximate surface area is 97.5 Å². The molecule has 1 aromatic heterocycles. The molecule has 0 radical (unpaired) electrons. The minimum atomic E-state index is -1.44. The van der Waals surface area contributed by atoms with E-state index in [1.807, 2.05) is 0 Å². The van der Waals surface area contributed by atoms with Gasteiger partial charge in [-0.25, -0.2) is 4.79 Å². The molecule has 0 aliphatic heterocycles. The Balaban J connectivity index is 3.53. The van der Waals surface area contributed by atoms with Crippen molar-refractivity contribution in [3.63, 3.8) is 0 Å². The Morgan fingerprint density at radius 3 is 2.18 bits per heavy atom. The minimum Gasteiger partial charge on any atom is -0.480 e. The summed E-state index contributed by atoms with van der Waals surface area (Å²) in [4.78, 5) is 33.5. The largest absolute Gasteiger partial charge is 0.480 e. The number of aryl methyl sites for hydroxylation is 2. The topological polar surface area (TPSA) is 96.6 Å². The molecule has 6 nitrogen and oxygen atoms in total. The van der Waals surface area contributed by atoms with Crippen LogP contribution in [0.3, 0.4) is 0 Å². The Bertz CT molecular complexity index is 486. The highest BCUT2D eigenvalue weighted by Gasteiger charge is 2.33. The van der Waals surface area contributed by atoms with Crippen molar-refractivity contribution >= 4 is 17.7 Å². The van der Waals surface area contributed by atoms with Gasteiger partial charge in [0.15, 0.2) is 5.92 Å². The van der Waals surface area contributed by atoms with E-state index in [-0.39, 0.29) is 11.3 Å². The first-order valence-corrected chi connectivity index (χ1v) is 4.89. The molecule has 0 saturated heterocycles. The Morgan fingerprint density at radius 1 is 1.29 bits per heavy atom. The average molecular weight is 239 g/mol. The zero-order valence-corrected chi connectivity index (χ0v) is 9.72. The highest BCUT2D eigenvalue weighted by Crippen LogP contribution is 2.25. The van der Waals surface area contributed by atoms with Crippen molar-refractivity contribution < 1.29 is 24.6 Å². The number of aromatic nitrogens is 1. The van der Waals surface area contributed by atoms with Crippen LogP contribution in [0.4, 0.5) is 0 Å². The number of carboxylic acids is 2. The molecule has 92 valence electrons. The van der Waals surface area contributed by atoms with Crippen molar-refractivity contribution in [2.45, 2.75) is 19.8 Å². The first-order valence-electron chi connectivity index (χ1n) is 4.89. The lowest BCUT2D eigenvalue weighted by molar-refractivity contribution is -0.142. The Hall–Kier alpha value is -2.11. The fraction of sp³-hybridized carbons (Fsp3) is 0.364. The second-order valence-corrected chi connectivity index (χ2v) is 3.87. The van der Waals surface area contributed by atoms with Crippen molar-refractivity contribution in [3.05, 3.63) is 23.0 Å². The van der Waals surface area contributed by atoms with Gasteiger partial charge in [-0.05, 0) is 19.4 Å². The molecule has 1 rings (SSSR count). The van der Waals surface area contributed by atoms with E-state index in [2.05, 4.69) is 0 Å². The minimum absolute atomic E-state index is 0.00926. The van der Waals surface area contributed by atoms with Gasteiger partial charge in [0.1, 0.15) is 5.78 Å². The maximum absolute atomic E-state index is 11.3. The van der Waals surface area contributed by atoms with Crippen LogP contribution in [0.15, 0.2) is 6.20 Å². The lowest BCUT2D eigenvalue weighted by atomic mass is 9.96. The zero-order valence-electron chi connectivity index (χ0n) is 9.72. The number of hydrogen-bond acceptors (Lipinski definition) is 3. The quantitative estimate of drug-likeness (QED) is 0.757. The lowest BCUT2D eigenvalue weighted by Crippen LogP contribution is -2.24. The third-order valence-electron chi connectivity index (χ3n) is 2.56. The standard InChI is InChI=1S/C11H13NO5/c1-5-4-12(3)9(7(5)10(14)15)8(6(2)13)11(16)17/h4,8H,1-3H3,(H,14,15)(H,16,17). The van der Waals surface area contributed by atoms with E-state index in [1.54, 1.807) is 6.92 Å². The second kappa shape index (κ2) is 4.40. The van der Waals surface area contributed by atoms with Gasteiger partial charge in [0, 0.05) is 13.2 Å². The molecule has 0 amide bonds. The van der Waals surface area contributed by atoms with Crippen molar-refractivity contribution in [2.75, 3.05) is 0 Å². The van der Waals surface area contributed by atoms with Crippen molar-refractivity contribution in [2.24, 2.45) is 7.05 Å². The van der Waals surface area contributed by atoms with Gasteiger partial charge in [-0.2, -0.15) is 0 Å². The van der Waals surface area contributed by atoms with Crippen LogP contribution in [0.5, 0.6) is 0 Å². The van der Waals surface area contributed by atoms with Crippen LogP contribution in [-0.4, -0.2) is 32.5 Å². The smallest absolute Gasteiger partial charge is 0.337 e. The Morgan fingerprint density at radius 2 is 1.82 bits per heavy atom. The van der Waals surface area contributed by atoms with E-state index in [0.717, 1.165) is 6.92 Å². The summed E-state index contributed by atoms with van der Waals surface area (Å²) >= 11 is 0.